The summed E-state index contributed by atoms with van der Waals surface area (Å²) in [6.45, 7) is 6.00. The van der Waals surface area contributed by atoms with Gasteiger partial charge in [0.1, 0.15) is 5.75 Å². The summed E-state index contributed by atoms with van der Waals surface area (Å²) >= 11 is 1.53. The Bertz CT molecular complexity index is 774. The first-order chi connectivity index (χ1) is 12.0. The summed E-state index contributed by atoms with van der Waals surface area (Å²) in [6, 6.07) is 9.84. The highest BCUT2D eigenvalue weighted by Crippen LogP contribution is 2.32. The van der Waals surface area contributed by atoms with Crippen LogP contribution in [0.3, 0.4) is 0 Å². The molecule has 6 heteroatoms. The predicted octanol–water partition coefficient (Wildman–Crippen LogP) is 3.04. The Morgan fingerprint density at radius 3 is 2.20 bits per heavy atom. The van der Waals surface area contributed by atoms with E-state index >= 15 is 0 Å². The van der Waals surface area contributed by atoms with Crippen molar-refractivity contribution in [3.05, 3.63) is 40.1 Å². The number of carbonyl (C=O) groups is 2. The summed E-state index contributed by atoms with van der Waals surface area (Å²) in [6.07, 6.45) is 0. The van der Waals surface area contributed by atoms with E-state index < -0.39 is 0 Å². The zero-order valence-electron chi connectivity index (χ0n) is 14.7. The highest BCUT2D eigenvalue weighted by molar-refractivity contribution is 7.14. The fraction of sp³-hybridized carbons (Fsp3) is 0.368. The van der Waals surface area contributed by atoms with Gasteiger partial charge >= 0.3 is 0 Å². The van der Waals surface area contributed by atoms with Crippen LogP contribution in [0.15, 0.2) is 30.3 Å². The van der Waals surface area contributed by atoms with Crippen molar-refractivity contribution < 1.29 is 14.3 Å². The highest BCUT2D eigenvalue weighted by atomic mass is 32.1. The number of hydrogen-bond acceptors (Lipinski definition) is 4. The van der Waals surface area contributed by atoms with Crippen LogP contribution >= 0.6 is 11.3 Å². The summed E-state index contributed by atoms with van der Waals surface area (Å²) in [5.74, 6) is 0.938. The Balaban J connectivity index is 1.75. The second kappa shape index (κ2) is 7.27. The zero-order valence-corrected chi connectivity index (χ0v) is 15.6. The van der Waals surface area contributed by atoms with E-state index in [1.807, 2.05) is 42.2 Å². The van der Waals surface area contributed by atoms with Gasteiger partial charge in [0, 0.05) is 38.0 Å². The summed E-state index contributed by atoms with van der Waals surface area (Å²) in [5, 5.41) is 0. The molecule has 0 bridgehead atoms. The molecule has 0 N–H and O–H groups in total. The normalized spacial score (nSPS) is 14.5. The maximum Gasteiger partial charge on any atom is 0.264 e. The molecule has 1 aliphatic heterocycles. The average Bonchev–Trinajstić information content (AvgIpc) is 3.03. The van der Waals surface area contributed by atoms with Crippen molar-refractivity contribution in [3.8, 4) is 16.9 Å². The molecular weight excluding hydrogens is 336 g/mol. The molecule has 25 heavy (non-hydrogen) atoms. The molecule has 1 aliphatic rings. The fourth-order valence-corrected chi connectivity index (χ4v) is 4.03. The number of benzene rings is 1. The maximum atomic E-state index is 12.8. The van der Waals surface area contributed by atoms with Crippen molar-refractivity contribution in [2.45, 2.75) is 13.8 Å². The highest BCUT2D eigenvalue weighted by Gasteiger charge is 2.25. The van der Waals surface area contributed by atoms with Crippen LogP contribution in [0.4, 0.5) is 0 Å². The molecule has 0 spiro atoms. The number of piperazine rings is 1. The third-order valence-corrected chi connectivity index (χ3v) is 5.58. The molecule has 0 aliphatic carbocycles. The lowest BCUT2D eigenvalue weighted by Gasteiger charge is -2.33. The minimum Gasteiger partial charge on any atom is -0.497 e. The lowest BCUT2D eigenvalue weighted by atomic mass is 10.1. The molecule has 1 saturated heterocycles. The van der Waals surface area contributed by atoms with Gasteiger partial charge in [-0.1, -0.05) is 12.1 Å². The van der Waals surface area contributed by atoms with Crippen molar-refractivity contribution >= 4 is 23.2 Å². The van der Waals surface area contributed by atoms with Gasteiger partial charge in [0.05, 0.1) is 12.0 Å². The van der Waals surface area contributed by atoms with Crippen molar-refractivity contribution in [3.63, 3.8) is 0 Å². The van der Waals surface area contributed by atoms with E-state index in [4.69, 9.17) is 4.74 Å². The third kappa shape index (κ3) is 3.69. The summed E-state index contributed by atoms with van der Waals surface area (Å²) in [7, 11) is 1.65. The van der Waals surface area contributed by atoms with Crippen molar-refractivity contribution in [1.29, 1.82) is 0 Å². The molecule has 0 atom stereocenters. The molecule has 2 amide bonds. The second-order valence-corrected chi connectivity index (χ2v) is 7.36. The van der Waals surface area contributed by atoms with Gasteiger partial charge in [0.15, 0.2) is 0 Å². The van der Waals surface area contributed by atoms with Crippen LogP contribution < -0.4 is 4.74 Å². The Hall–Kier alpha value is -2.34. The van der Waals surface area contributed by atoms with E-state index in [1.165, 1.54) is 11.3 Å². The van der Waals surface area contributed by atoms with Crippen molar-refractivity contribution in [2.24, 2.45) is 0 Å². The molecule has 0 unspecified atom stereocenters. The Kier molecular flexibility index (Phi) is 5.08. The number of methoxy groups -OCH3 is 1. The quantitative estimate of drug-likeness (QED) is 0.847. The molecular formula is C19H22N2O3S. The van der Waals surface area contributed by atoms with Gasteiger partial charge in [-0.3, -0.25) is 9.59 Å². The molecule has 5 nitrogen and oxygen atoms in total. The van der Waals surface area contributed by atoms with Gasteiger partial charge < -0.3 is 14.5 Å². The van der Waals surface area contributed by atoms with Crippen LogP contribution in [-0.4, -0.2) is 54.9 Å². The molecule has 0 radical (unpaired) electrons. The monoisotopic (exact) mass is 358 g/mol. The smallest absolute Gasteiger partial charge is 0.264 e. The van der Waals surface area contributed by atoms with Crippen LogP contribution in [0.5, 0.6) is 5.75 Å². The van der Waals surface area contributed by atoms with Gasteiger partial charge in [-0.15, -0.1) is 11.3 Å². The standard InChI is InChI=1S/C19H22N2O3S/c1-13-17(15-4-6-16(24-3)7-5-15)12-18(25-13)19(23)21-10-8-20(9-11-21)14(2)22/h4-7,12H,8-11H2,1-3H3. The molecule has 1 aromatic heterocycles. The van der Waals surface area contributed by atoms with Gasteiger partial charge in [-0.25, -0.2) is 0 Å². The second-order valence-electron chi connectivity index (χ2n) is 6.11. The number of rotatable bonds is 3. The first kappa shape index (κ1) is 17.5. The fourth-order valence-electron chi connectivity index (χ4n) is 3.02. The Labute approximate surface area is 151 Å². The summed E-state index contributed by atoms with van der Waals surface area (Å²) < 4.78 is 5.20. The third-order valence-electron chi connectivity index (χ3n) is 4.54. The van der Waals surface area contributed by atoms with Crippen LogP contribution in [-0.2, 0) is 4.79 Å². The van der Waals surface area contributed by atoms with Crippen LogP contribution in [0.1, 0.15) is 21.5 Å². The molecule has 3 rings (SSSR count). The zero-order chi connectivity index (χ0) is 18.0. The van der Waals surface area contributed by atoms with Crippen molar-refractivity contribution in [2.75, 3.05) is 33.3 Å². The lowest BCUT2D eigenvalue weighted by molar-refractivity contribution is -0.130. The molecule has 132 valence electrons. The van der Waals surface area contributed by atoms with E-state index in [2.05, 4.69) is 0 Å². The van der Waals surface area contributed by atoms with Crippen LogP contribution in [0.25, 0.3) is 11.1 Å². The number of amides is 2. The van der Waals surface area contributed by atoms with Gasteiger partial charge in [-0.2, -0.15) is 0 Å². The molecule has 2 aromatic rings. The summed E-state index contributed by atoms with van der Waals surface area (Å²) in [4.78, 5) is 29.7. The predicted molar refractivity (Wildman–Crippen MR) is 99.2 cm³/mol. The summed E-state index contributed by atoms with van der Waals surface area (Å²) in [5.41, 5.74) is 2.16. The Morgan fingerprint density at radius 2 is 1.64 bits per heavy atom. The minimum absolute atomic E-state index is 0.0519. The van der Waals surface area contributed by atoms with Crippen LogP contribution in [0, 0.1) is 6.92 Å². The molecule has 1 fully saturated rings. The number of nitrogens with zero attached hydrogens (tertiary/aromatic N) is 2. The first-order valence-electron chi connectivity index (χ1n) is 8.29. The van der Waals surface area contributed by atoms with E-state index in [0.717, 1.165) is 26.6 Å². The minimum atomic E-state index is 0.0519. The molecule has 1 aromatic carbocycles. The van der Waals surface area contributed by atoms with Gasteiger partial charge in [-0.05, 0) is 36.2 Å². The molecule has 0 saturated carbocycles. The molecule has 2 heterocycles. The van der Waals surface area contributed by atoms with Gasteiger partial charge in [0.2, 0.25) is 5.91 Å². The van der Waals surface area contributed by atoms with Gasteiger partial charge in [0.25, 0.3) is 5.91 Å². The maximum absolute atomic E-state index is 12.8. The number of carbonyl (C=O) groups excluding carboxylic acids is 2. The number of aryl methyl sites for hydroxylation is 1. The van der Waals surface area contributed by atoms with Crippen molar-refractivity contribution in [1.82, 2.24) is 9.80 Å². The van der Waals surface area contributed by atoms with E-state index in [1.54, 1.807) is 18.9 Å². The Morgan fingerprint density at radius 1 is 1.04 bits per heavy atom. The van der Waals surface area contributed by atoms with E-state index in [0.29, 0.717) is 26.2 Å². The van der Waals surface area contributed by atoms with E-state index in [-0.39, 0.29) is 11.8 Å². The number of thiophene rings is 1. The number of hydrogen-bond donors (Lipinski definition) is 0. The average molecular weight is 358 g/mol. The SMILES string of the molecule is COc1ccc(-c2cc(C(=O)N3CCN(C(C)=O)CC3)sc2C)cc1. The first-order valence-corrected chi connectivity index (χ1v) is 9.11. The lowest BCUT2D eigenvalue weighted by Crippen LogP contribution is -2.49. The number of ether oxygens (including phenoxy) is 1. The van der Waals surface area contributed by atoms with Crippen LogP contribution in [0.2, 0.25) is 0 Å². The largest absolute Gasteiger partial charge is 0.497 e. The van der Waals surface area contributed by atoms with E-state index in [9.17, 15) is 9.59 Å². The topological polar surface area (TPSA) is 49.9 Å².